The van der Waals surface area contributed by atoms with Gasteiger partial charge < -0.3 is 15.0 Å². The van der Waals surface area contributed by atoms with Crippen molar-refractivity contribution in [3.63, 3.8) is 0 Å². The highest BCUT2D eigenvalue weighted by Gasteiger charge is 2.15. The van der Waals surface area contributed by atoms with Crippen molar-refractivity contribution >= 4 is 44.8 Å². The summed E-state index contributed by atoms with van der Waals surface area (Å²) in [7, 11) is -3.13. The number of aromatic nitrogens is 1. The molecule has 0 saturated carbocycles. The molecule has 0 aliphatic heterocycles. The first-order chi connectivity index (χ1) is 8.85. The van der Waals surface area contributed by atoms with Crippen molar-refractivity contribution in [3.8, 4) is 5.88 Å². The highest BCUT2D eigenvalue weighted by atomic mass is 35.5. The van der Waals surface area contributed by atoms with Crippen molar-refractivity contribution in [2.24, 2.45) is 5.73 Å². The Kier molecular flexibility index (Phi) is 5.64. The van der Waals surface area contributed by atoms with Gasteiger partial charge in [0.2, 0.25) is 0 Å². The number of hydrogen-bond donors (Lipinski definition) is 1. The van der Waals surface area contributed by atoms with Gasteiger partial charge in [0, 0.05) is 11.3 Å². The van der Waals surface area contributed by atoms with Crippen LogP contribution in [0.15, 0.2) is 22.7 Å². The molecule has 1 atom stereocenters. The maximum absolute atomic E-state index is 11.1. The second-order valence-electron chi connectivity index (χ2n) is 4.29. The van der Waals surface area contributed by atoms with Gasteiger partial charge >= 0.3 is 0 Å². The fourth-order valence-electron chi connectivity index (χ4n) is 1.62. The highest BCUT2D eigenvalue weighted by molar-refractivity contribution is 7.90. The van der Waals surface area contributed by atoms with Crippen LogP contribution in [0.2, 0.25) is 5.02 Å². The molecule has 0 aliphatic rings. The zero-order valence-electron chi connectivity index (χ0n) is 10.6. The summed E-state index contributed by atoms with van der Waals surface area (Å²) in [4.78, 5) is 0. The number of halogens is 2. The number of nitrogens with two attached hydrogens (primary N) is 1. The van der Waals surface area contributed by atoms with Crippen LogP contribution in [-0.2, 0) is 9.84 Å². The minimum Gasteiger partial charge on any atom is -0.473 e. The van der Waals surface area contributed by atoms with Gasteiger partial charge in [-0.3, -0.25) is 0 Å². The molecule has 20 heavy (non-hydrogen) atoms. The van der Waals surface area contributed by atoms with Gasteiger partial charge in [-0.15, -0.1) is 12.4 Å². The average Bonchev–Trinajstić information content (AvgIpc) is 2.66. The Morgan fingerprint density at radius 1 is 1.50 bits per heavy atom. The quantitative estimate of drug-likeness (QED) is 0.888. The number of benzene rings is 1. The third-order valence-electron chi connectivity index (χ3n) is 2.35. The summed E-state index contributed by atoms with van der Waals surface area (Å²) in [6, 6.07) is 4.38. The summed E-state index contributed by atoms with van der Waals surface area (Å²) >= 11 is 5.87. The number of rotatable bonds is 5. The van der Waals surface area contributed by atoms with Crippen LogP contribution < -0.4 is 10.5 Å². The van der Waals surface area contributed by atoms with E-state index >= 15 is 0 Å². The zero-order valence-corrected chi connectivity index (χ0v) is 13.0. The van der Waals surface area contributed by atoms with Gasteiger partial charge in [-0.1, -0.05) is 11.6 Å². The van der Waals surface area contributed by atoms with Crippen LogP contribution in [0, 0.1) is 0 Å². The first kappa shape index (κ1) is 17.0. The minimum atomic E-state index is -3.13. The Morgan fingerprint density at radius 2 is 2.20 bits per heavy atom. The molecular formula is C11H14Cl2N2O4S. The molecule has 0 amide bonds. The van der Waals surface area contributed by atoms with Crippen molar-refractivity contribution < 1.29 is 17.7 Å². The Morgan fingerprint density at radius 3 is 2.85 bits per heavy atom. The minimum absolute atomic E-state index is 0. The van der Waals surface area contributed by atoms with Gasteiger partial charge in [0.25, 0.3) is 5.88 Å². The van der Waals surface area contributed by atoms with Crippen molar-refractivity contribution in [3.05, 3.63) is 23.2 Å². The fraction of sp³-hybridized carbons (Fsp3) is 0.364. The standard InChI is InChI=1S/C11H13ClN2O4S.ClH/c1-19(15,16)6-8(13)5-17-11-9-4-7(12)2-3-10(9)18-14-11;/h2-4,8H,5-6,13H2,1H3;1H/t8-;/m1./s1. The van der Waals surface area contributed by atoms with Gasteiger partial charge in [0.15, 0.2) is 5.58 Å². The monoisotopic (exact) mass is 340 g/mol. The molecule has 0 bridgehead atoms. The van der Waals surface area contributed by atoms with Crippen LogP contribution >= 0.6 is 24.0 Å². The molecule has 0 radical (unpaired) electrons. The maximum Gasteiger partial charge on any atom is 0.262 e. The molecule has 112 valence electrons. The fourth-order valence-corrected chi connectivity index (χ4v) is 2.66. The van der Waals surface area contributed by atoms with Crippen molar-refractivity contribution in [2.45, 2.75) is 6.04 Å². The lowest BCUT2D eigenvalue weighted by Gasteiger charge is -2.10. The Balaban J connectivity index is 0.00000200. The smallest absolute Gasteiger partial charge is 0.262 e. The molecule has 1 heterocycles. The molecule has 2 N–H and O–H groups in total. The van der Waals surface area contributed by atoms with E-state index < -0.39 is 15.9 Å². The predicted molar refractivity (Wildman–Crippen MR) is 79.4 cm³/mol. The lowest BCUT2D eigenvalue weighted by Crippen LogP contribution is -2.35. The van der Waals surface area contributed by atoms with Crippen LogP contribution in [0.1, 0.15) is 0 Å². The molecular weight excluding hydrogens is 327 g/mol. The van der Waals surface area contributed by atoms with Crippen LogP contribution in [0.3, 0.4) is 0 Å². The van der Waals surface area contributed by atoms with Crippen molar-refractivity contribution in [2.75, 3.05) is 18.6 Å². The molecule has 2 rings (SSSR count). The summed E-state index contributed by atoms with van der Waals surface area (Å²) in [5.41, 5.74) is 6.20. The van der Waals surface area contributed by atoms with E-state index in [0.717, 1.165) is 6.26 Å². The van der Waals surface area contributed by atoms with Gasteiger partial charge in [-0.05, 0) is 23.4 Å². The molecule has 6 nitrogen and oxygen atoms in total. The number of sulfone groups is 1. The maximum atomic E-state index is 11.1. The van der Waals surface area contributed by atoms with E-state index in [1.165, 1.54) is 0 Å². The van der Waals surface area contributed by atoms with Crippen LogP contribution in [0.5, 0.6) is 5.88 Å². The highest BCUT2D eigenvalue weighted by Crippen LogP contribution is 2.27. The predicted octanol–water partition coefficient (Wildman–Crippen LogP) is 1.65. The van der Waals surface area contributed by atoms with Gasteiger partial charge in [0.1, 0.15) is 16.4 Å². The van der Waals surface area contributed by atoms with Crippen molar-refractivity contribution in [1.29, 1.82) is 0 Å². The second-order valence-corrected chi connectivity index (χ2v) is 6.91. The second kappa shape index (κ2) is 6.62. The molecule has 0 fully saturated rings. The van der Waals surface area contributed by atoms with Gasteiger partial charge in [0.05, 0.1) is 17.2 Å². The molecule has 1 aromatic heterocycles. The van der Waals surface area contributed by atoms with E-state index in [9.17, 15) is 8.42 Å². The summed E-state index contributed by atoms with van der Waals surface area (Å²) in [6.07, 6.45) is 1.12. The van der Waals surface area contributed by atoms with Crippen LogP contribution in [-0.4, -0.2) is 38.2 Å². The molecule has 0 spiro atoms. The van der Waals surface area contributed by atoms with Crippen molar-refractivity contribution in [1.82, 2.24) is 5.16 Å². The third-order valence-corrected chi connectivity index (χ3v) is 3.62. The largest absolute Gasteiger partial charge is 0.473 e. The molecule has 9 heteroatoms. The normalized spacial score (nSPS) is 12.9. The Hall–Kier alpha value is -1.02. The number of hydrogen-bond acceptors (Lipinski definition) is 6. The zero-order chi connectivity index (χ0) is 14.0. The van der Waals surface area contributed by atoms with Crippen LogP contribution in [0.25, 0.3) is 11.0 Å². The lowest BCUT2D eigenvalue weighted by molar-refractivity contribution is 0.269. The number of nitrogens with zero attached hydrogens (tertiary/aromatic N) is 1. The van der Waals surface area contributed by atoms with E-state index in [-0.39, 0.29) is 30.6 Å². The van der Waals surface area contributed by atoms with E-state index in [0.29, 0.717) is 16.0 Å². The van der Waals surface area contributed by atoms with E-state index in [4.69, 9.17) is 26.6 Å². The van der Waals surface area contributed by atoms with E-state index in [1.54, 1.807) is 18.2 Å². The molecule has 2 aromatic rings. The molecule has 0 saturated heterocycles. The summed E-state index contributed by atoms with van der Waals surface area (Å²) in [5, 5.41) is 4.90. The molecule has 0 aliphatic carbocycles. The summed E-state index contributed by atoms with van der Waals surface area (Å²) in [5.74, 6) is 0.102. The average molecular weight is 341 g/mol. The third kappa shape index (κ3) is 4.52. The van der Waals surface area contributed by atoms with E-state index in [2.05, 4.69) is 5.16 Å². The lowest BCUT2D eigenvalue weighted by atomic mass is 10.2. The van der Waals surface area contributed by atoms with Gasteiger partial charge in [-0.2, -0.15) is 0 Å². The summed E-state index contributed by atoms with van der Waals surface area (Å²) < 4.78 is 32.6. The Bertz CT molecular complexity index is 687. The Labute approximate surface area is 127 Å². The summed E-state index contributed by atoms with van der Waals surface area (Å²) in [6.45, 7) is 0.0290. The number of fused-ring (bicyclic) bond motifs is 1. The molecule has 0 unspecified atom stereocenters. The first-order valence-electron chi connectivity index (χ1n) is 5.46. The number of ether oxygens (including phenoxy) is 1. The van der Waals surface area contributed by atoms with Gasteiger partial charge in [-0.25, -0.2) is 8.42 Å². The topological polar surface area (TPSA) is 95.4 Å². The molecule has 1 aromatic carbocycles. The SMILES string of the molecule is CS(=O)(=O)C[C@H](N)COc1noc2ccc(Cl)cc12.Cl. The first-order valence-corrected chi connectivity index (χ1v) is 7.90. The van der Waals surface area contributed by atoms with Crippen LogP contribution in [0.4, 0.5) is 0 Å². The van der Waals surface area contributed by atoms with E-state index in [1.807, 2.05) is 0 Å².